The smallest absolute Gasteiger partial charge is 0.308 e. The Balaban J connectivity index is 2.72. The number of hydrogen-bond donors (Lipinski definition) is 1. The van der Waals surface area contributed by atoms with Crippen molar-refractivity contribution in [2.24, 2.45) is 12.8 Å². The van der Waals surface area contributed by atoms with Gasteiger partial charge in [0.15, 0.2) is 0 Å². The van der Waals surface area contributed by atoms with Crippen molar-refractivity contribution in [3.8, 4) is 0 Å². The molecule has 5 nitrogen and oxygen atoms in total. The molecule has 0 spiro atoms. The van der Waals surface area contributed by atoms with Crippen LogP contribution in [-0.4, -0.2) is 9.13 Å². The highest BCUT2D eigenvalue weighted by Crippen LogP contribution is 2.30. The van der Waals surface area contributed by atoms with Gasteiger partial charge in [-0.05, 0) is 48.5 Å². The van der Waals surface area contributed by atoms with Gasteiger partial charge in [-0.15, -0.1) is 0 Å². The molecular weight excluding hydrogens is 298 g/mol. The first kappa shape index (κ1) is 13.5. The molecule has 0 atom stereocenters. The lowest BCUT2D eigenvalue weighted by Crippen LogP contribution is -2.54. The summed E-state index contributed by atoms with van der Waals surface area (Å²) in [6.45, 7) is 1.76. The molecule has 1 aromatic rings. The highest BCUT2D eigenvalue weighted by atomic mass is 79.9. The van der Waals surface area contributed by atoms with Gasteiger partial charge >= 0.3 is 5.69 Å². The third-order valence-corrected chi connectivity index (χ3v) is 4.70. The molecule has 1 aliphatic carbocycles. The second-order valence-corrected chi connectivity index (χ2v) is 5.84. The van der Waals surface area contributed by atoms with Gasteiger partial charge in [-0.2, -0.15) is 0 Å². The largest absolute Gasteiger partial charge is 0.332 e. The van der Waals surface area contributed by atoms with Crippen LogP contribution in [-0.2, 0) is 12.7 Å². The second-order valence-electron chi connectivity index (χ2n) is 5.05. The lowest BCUT2D eigenvalue weighted by Gasteiger charge is -2.36. The molecule has 2 rings (SSSR count). The van der Waals surface area contributed by atoms with E-state index in [2.05, 4.69) is 15.9 Å². The summed E-state index contributed by atoms with van der Waals surface area (Å²) in [6, 6.07) is 0. The first-order valence-corrected chi connectivity index (χ1v) is 6.95. The minimum Gasteiger partial charge on any atom is -0.308 e. The summed E-state index contributed by atoms with van der Waals surface area (Å²) in [7, 11) is 1.48. The average Bonchev–Trinajstić information content (AvgIpc) is 2.35. The Bertz CT molecular complexity index is 582. The summed E-state index contributed by atoms with van der Waals surface area (Å²) in [5.74, 6) is 0. The predicted octanol–water partition coefficient (Wildman–Crippen LogP) is 1.19. The number of hydrogen-bond acceptors (Lipinski definition) is 3. The Morgan fingerprint density at radius 3 is 2.33 bits per heavy atom. The Morgan fingerprint density at radius 1 is 1.22 bits per heavy atom. The quantitative estimate of drug-likeness (QED) is 0.846. The van der Waals surface area contributed by atoms with Crippen LogP contribution in [0.5, 0.6) is 0 Å². The molecule has 0 radical (unpaired) electrons. The SMILES string of the molecule is Cc1c(Br)c(=O)n(C)c(=O)n1C1(N)CCCCC1. The van der Waals surface area contributed by atoms with Crippen molar-refractivity contribution in [2.75, 3.05) is 0 Å². The van der Waals surface area contributed by atoms with E-state index in [1.54, 1.807) is 11.5 Å². The van der Waals surface area contributed by atoms with Crippen LogP contribution in [0.4, 0.5) is 0 Å². The summed E-state index contributed by atoms with van der Waals surface area (Å²) < 4.78 is 3.11. The number of nitrogens with two attached hydrogens (primary N) is 1. The van der Waals surface area contributed by atoms with E-state index in [9.17, 15) is 9.59 Å². The van der Waals surface area contributed by atoms with Gasteiger partial charge in [0.05, 0.1) is 5.66 Å². The maximum absolute atomic E-state index is 12.3. The van der Waals surface area contributed by atoms with Gasteiger partial charge in [0.25, 0.3) is 5.56 Å². The van der Waals surface area contributed by atoms with Gasteiger partial charge in [0.2, 0.25) is 0 Å². The van der Waals surface area contributed by atoms with Crippen LogP contribution in [0.1, 0.15) is 37.8 Å². The molecule has 0 bridgehead atoms. The fraction of sp³-hybridized carbons (Fsp3) is 0.667. The summed E-state index contributed by atoms with van der Waals surface area (Å²) in [4.78, 5) is 24.1. The Hall–Kier alpha value is -0.880. The topological polar surface area (TPSA) is 70.0 Å². The summed E-state index contributed by atoms with van der Waals surface area (Å²) in [5.41, 5.74) is 5.71. The number of halogens is 1. The van der Waals surface area contributed by atoms with E-state index in [0.717, 1.165) is 36.7 Å². The molecule has 2 N–H and O–H groups in total. The Morgan fingerprint density at radius 2 is 1.78 bits per heavy atom. The average molecular weight is 316 g/mol. The molecule has 18 heavy (non-hydrogen) atoms. The molecule has 1 aromatic heterocycles. The van der Waals surface area contributed by atoms with Crippen LogP contribution in [0.15, 0.2) is 14.1 Å². The number of nitrogens with zero attached hydrogens (tertiary/aromatic N) is 2. The molecule has 0 aliphatic heterocycles. The van der Waals surface area contributed by atoms with Gasteiger partial charge in [-0.3, -0.25) is 13.9 Å². The molecule has 1 fully saturated rings. The lowest BCUT2D eigenvalue weighted by molar-refractivity contribution is 0.186. The molecule has 100 valence electrons. The van der Waals surface area contributed by atoms with Gasteiger partial charge in [0, 0.05) is 12.7 Å². The zero-order valence-electron chi connectivity index (χ0n) is 10.7. The normalized spacial score (nSPS) is 18.9. The third kappa shape index (κ3) is 1.97. The van der Waals surface area contributed by atoms with E-state index in [1.807, 2.05) is 0 Å². The van der Waals surface area contributed by atoms with Gasteiger partial charge < -0.3 is 5.73 Å². The van der Waals surface area contributed by atoms with Gasteiger partial charge in [-0.1, -0.05) is 6.42 Å². The van der Waals surface area contributed by atoms with Crippen molar-refractivity contribution in [2.45, 2.75) is 44.7 Å². The number of rotatable bonds is 1. The van der Waals surface area contributed by atoms with Crippen LogP contribution < -0.4 is 17.0 Å². The van der Waals surface area contributed by atoms with E-state index in [-0.39, 0.29) is 11.2 Å². The fourth-order valence-electron chi connectivity index (χ4n) is 2.69. The van der Waals surface area contributed by atoms with E-state index < -0.39 is 5.66 Å². The minimum atomic E-state index is -0.659. The first-order chi connectivity index (χ1) is 8.38. The van der Waals surface area contributed by atoms with Crippen LogP contribution in [0.25, 0.3) is 0 Å². The molecule has 0 amide bonds. The molecule has 1 heterocycles. The maximum Gasteiger partial charge on any atom is 0.332 e. The van der Waals surface area contributed by atoms with E-state index >= 15 is 0 Å². The molecular formula is C12H18BrN3O2. The van der Waals surface area contributed by atoms with E-state index in [1.165, 1.54) is 7.05 Å². The fourth-order valence-corrected chi connectivity index (χ4v) is 3.14. The van der Waals surface area contributed by atoms with Crippen LogP contribution in [0.3, 0.4) is 0 Å². The molecule has 0 unspecified atom stereocenters. The Kier molecular flexibility index (Phi) is 3.51. The van der Waals surface area contributed by atoms with Crippen LogP contribution in [0, 0.1) is 6.92 Å². The summed E-state index contributed by atoms with van der Waals surface area (Å²) in [5, 5.41) is 0. The van der Waals surface area contributed by atoms with E-state index in [0.29, 0.717) is 10.2 Å². The van der Waals surface area contributed by atoms with Crippen molar-refractivity contribution in [3.63, 3.8) is 0 Å². The first-order valence-electron chi connectivity index (χ1n) is 6.16. The van der Waals surface area contributed by atoms with Gasteiger partial charge in [0.1, 0.15) is 4.47 Å². The van der Waals surface area contributed by atoms with Crippen molar-refractivity contribution in [3.05, 3.63) is 31.0 Å². The highest BCUT2D eigenvalue weighted by molar-refractivity contribution is 9.10. The summed E-state index contributed by atoms with van der Waals surface area (Å²) >= 11 is 3.26. The highest BCUT2D eigenvalue weighted by Gasteiger charge is 2.33. The zero-order valence-corrected chi connectivity index (χ0v) is 12.3. The van der Waals surface area contributed by atoms with Crippen molar-refractivity contribution in [1.82, 2.24) is 9.13 Å². The van der Waals surface area contributed by atoms with Crippen LogP contribution in [0.2, 0.25) is 0 Å². The van der Waals surface area contributed by atoms with Gasteiger partial charge in [-0.25, -0.2) is 4.79 Å². The maximum atomic E-state index is 12.3. The van der Waals surface area contributed by atoms with E-state index in [4.69, 9.17) is 5.73 Å². The second kappa shape index (κ2) is 4.66. The molecule has 6 heteroatoms. The molecule has 0 aromatic carbocycles. The summed E-state index contributed by atoms with van der Waals surface area (Å²) in [6.07, 6.45) is 4.74. The molecule has 1 aliphatic rings. The minimum absolute atomic E-state index is 0.312. The molecule has 0 saturated heterocycles. The lowest BCUT2D eigenvalue weighted by atomic mass is 9.89. The molecule has 1 saturated carbocycles. The predicted molar refractivity (Wildman–Crippen MR) is 73.6 cm³/mol. The standard InChI is InChI=1S/C12H18BrN3O2/c1-8-9(13)10(17)15(2)11(18)16(8)12(14)6-4-3-5-7-12/h3-7,14H2,1-2H3. The van der Waals surface area contributed by atoms with Crippen molar-refractivity contribution in [1.29, 1.82) is 0 Å². The number of aromatic nitrogens is 2. The zero-order chi connectivity index (χ0) is 13.5. The third-order valence-electron chi connectivity index (χ3n) is 3.79. The monoisotopic (exact) mass is 315 g/mol. The van der Waals surface area contributed by atoms with Crippen molar-refractivity contribution < 1.29 is 0 Å². The van der Waals surface area contributed by atoms with Crippen LogP contribution >= 0.6 is 15.9 Å². The Labute approximate surface area is 114 Å². The van der Waals surface area contributed by atoms with Crippen molar-refractivity contribution >= 4 is 15.9 Å².